The van der Waals surface area contributed by atoms with Crippen molar-refractivity contribution in [2.24, 2.45) is 0 Å². The highest BCUT2D eigenvalue weighted by Gasteiger charge is 2.30. The molecule has 3 rings (SSSR count). The van der Waals surface area contributed by atoms with Gasteiger partial charge in [-0.1, -0.05) is 6.92 Å². The van der Waals surface area contributed by atoms with Crippen LogP contribution in [0.1, 0.15) is 11.8 Å². The van der Waals surface area contributed by atoms with Gasteiger partial charge in [0.1, 0.15) is 4.21 Å². The zero-order chi connectivity index (χ0) is 18.0. The van der Waals surface area contributed by atoms with Gasteiger partial charge in [0, 0.05) is 45.2 Å². The number of anilines is 2. The number of aryl methyl sites for hydroxylation is 1. The SMILES string of the molecule is CCc1ccc(S(=O)(=O)N2CCN(c3ccc(N(C)C)nn3)CC2)s1. The molecule has 3 heterocycles. The van der Waals surface area contributed by atoms with E-state index < -0.39 is 10.0 Å². The lowest BCUT2D eigenvalue weighted by atomic mass is 10.3. The van der Waals surface area contributed by atoms with Crippen molar-refractivity contribution in [1.82, 2.24) is 14.5 Å². The van der Waals surface area contributed by atoms with Gasteiger partial charge in [-0.25, -0.2) is 8.42 Å². The van der Waals surface area contributed by atoms with Gasteiger partial charge in [-0.15, -0.1) is 21.5 Å². The fourth-order valence-electron chi connectivity index (χ4n) is 2.70. The van der Waals surface area contributed by atoms with Gasteiger partial charge in [0.05, 0.1) is 0 Å². The van der Waals surface area contributed by atoms with Crippen molar-refractivity contribution in [1.29, 1.82) is 0 Å². The van der Waals surface area contributed by atoms with Gasteiger partial charge >= 0.3 is 0 Å². The molecule has 1 aliphatic rings. The molecule has 0 radical (unpaired) electrons. The average Bonchev–Trinajstić information content (AvgIpc) is 3.12. The molecule has 0 bridgehead atoms. The van der Waals surface area contributed by atoms with Crippen molar-refractivity contribution < 1.29 is 8.42 Å². The van der Waals surface area contributed by atoms with Crippen LogP contribution >= 0.6 is 11.3 Å². The Morgan fingerprint density at radius 3 is 2.32 bits per heavy atom. The monoisotopic (exact) mass is 381 g/mol. The highest BCUT2D eigenvalue weighted by atomic mass is 32.2. The zero-order valence-corrected chi connectivity index (χ0v) is 16.3. The van der Waals surface area contributed by atoms with E-state index in [-0.39, 0.29) is 0 Å². The molecule has 0 atom stereocenters. The Hall–Kier alpha value is -1.71. The standard InChI is InChI=1S/C16H23N5O2S2/c1-4-13-5-8-16(24-13)25(22,23)21-11-9-20(10-12-21)15-7-6-14(17-18-15)19(2)3/h5-8H,4,9-12H2,1-3H3. The van der Waals surface area contributed by atoms with Gasteiger partial charge < -0.3 is 9.80 Å². The van der Waals surface area contributed by atoms with Gasteiger partial charge in [-0.2, -0.15) is 4.31 Å². The third-order valence-electron chi connectivity index (χ3n) is 4.24. The number of hydrogen-bond acceptors (Lipinski definition) is 7. The van der Waals surface area contributed by atoms with Crippen molar-refractivity contribution in [3.8, 4) is 0 Å². The van der Waals surface area contributed by atoms with Crippen molar-refractivity contribution >= 4 is 33.0 Å². The zero-order valence-electron chi connectivity index (χ0n) is 14.7. The molecule has 25 heavy (non-hydrogen) atoms. The van der Waals surface area contributed by atoms with E-state index in [0.29, 0.717) is 30.4 Å². The molecule has 0 N–H and O–H groups in total. The topological polar surface area (TPSA) is 69.6 Å². The van der Waals surface area contributed by atoms with Gasteiger partial charge in [0.2, 0.25) is 0 Å². The quantitative estimate of drug-likeness (QED) is 0.785. The van der Waals surface area contributed by atoms with Crippen LogP contribution in [0.3, 0.4) is 0 Å². The normalized spacial score (nSPS) is 16.2. The van der Waals surface area contributed by atoms with E-state index >= 15 is 0 Å². The minimum Gasteiger partial charge on any atom is -0.361 e. The van der Waals surface area contributed by atoms with E-state index in [4.69, 9.17) is 0 Å². The highest BCUT2D eigenvalue weighted by molar-refractivity contribution is 7.91. The van der Waals surface area contributed by atoms with Crippen molar-refractivity contribution in [2.75, 3.05) is 50.1 Å². The highest BCUT2D eigenvalue weighted by Crippen LogP contribution is 2.26. The first-order valence-electron chi connectivity index (χ1n) is 8.26. The molecule has 0 aliphatic carbocycles. The summed E-state index contributed by atoms with van der Waals surface area (Å²) in [5.41, 5.74) is 0. The summed E-state index contributed by atoms with van der Waals surface area (Å²) in [5.74, 6) is 1.58. The fourth-order valence-corrected chi connectivity index (χ4v) is 5.57. The Balaban J connectivity index is 1.66. The molecule has 0 saturated carbocycles. The van der Waals surface area contributed by atoms with Crippen molar-refractivity contribution in [3.63, 3.8) is 0 Å². The maximum atomic E-state index is 12.8. The summed E-state index contributed by atoms with van der Waals surface area (Å²) in [4.78, 5) is 5.06. The summed E-state index contributed by atoms with van der Waals surface area (Å²) in [6.07, 6.45) is 0.857. The van der Waals surface area contributed by atoms with Crippen LogP contribution in [0, 0.1) is 0 Å². The van der Waals surface area contributed by atoms with E-state index in [1.807, 2.05) is 44.1 Å². The molecule has 9 heteroatoms. The lowest BCUT2D eigenvalue weighted by Crippen LogP contribution is -2.48. The molecule has 0 aromatic carbocycles. The van der Waals surface area contributed by atoms with Crippen LogP contribution in [0.4, 0.5) is 11.6 Å². The molecule has 2 aromatic rings. The summed E-state index contributed by atoms with van der Waals surface area (Å²) in [5, 5.41) is 8.44. The van der Waals surface area contributed by atoms with Crippen LogP contribution in [-0.2, 0) is 16.4 Å². The predicted molar refractivity (Wildman–Crippen MR) is 101 cm³/mol. The van der Waals surface area contributed by atoms with Crippen LogP contribution in [0.5, 0.6) is 0 Å². The summed E-state index contributed by atoms with van der Waals surface area (Å²) < 4.78 is 27.5. The van der Waals surface area contributed by atoms with Crippen LogP contribution in [0.25, 0.3) is 0 Å². The second-order valence-corrected chi connectivity index (χ2v) is 9.44. The molecule has 1 fully saturated rings. The molecule has 1 aliphatic heterocycles. The minimum atomic E-state index is -3.39. The Morgan fingerprint density at radius 1 is 1.08 bits per heavy atom. The van der Waals surface area contributed by atoms with Gasteiger partial charge in [-0.3, -0.25) is 0 Å². The lowest BCUT2D eigenvalue weighted by molar-refractivity contribution is 0.384. The molecule has 7 nitrogen and oxygen atoms in total. The molecule has 1 saturated heterocycles. The van der Waals surface area contributed by atoms with Crippen molar-refractivity contribution in [3.05, 3.63) is 29.1 Å². The molecule has 0 unspecified atom stereocenters. The van der Waals surface area contributed by atoms with E-state index in [0.717, 1.165) is 22.9 Å². The van der Waals surface area contributed by atoms with Gasteiger partial charge in [0.25, 0.3) is 10.0 Å². The Morgan fingerprint density at radius 2 is 1.80 bits per heavy atom. The second-order valence-electron chi connectivity index (χ2n) is 6.11. The van der Waals surface area contributed by atoms with E-state index in [2.05, 4.69) is 15.1 Å². The molecular formula is C16H23N5O2S2. The number of thiophene rings is 1. The summed E-state index contributed by atoms with van der Waals surface area (Å²) >= 11 is 1.36. The first kappa shape index (κ1) is 18.1. The minimum absolute atomic E-state index is 0.438. The van der Waals surface area contributed by atoms with Gasteiger partial charge in [-0.05, 0) is 30.7 Å². The fraction of sp³-hybridized carbons (Fsp3) is 0.500. The van der Waals surface area contributed by atoms with Gasteiger partial charge in [0.15, 0.2) is 11.6 Å². The van der Waals surface area contributed by atoms with Crippen LogP contribution in [-0.4, -0.2) is 63.2 Å². The number of rotatable bonds is 5. The summed E-state index contributed by atoms with van der Waals surface area (Å²) in [6, 6.07) is 7.47. The number of piperazine rings is 1. The maximum Gasteiger partial charge on any atom is 0.252 e. The molecule has 0 amide bonds. The van der Waals surface area contributed by atoms with Crippen LogP contribution in [0.2, 0.25) is 0 Å². The van der Waals surface area contributed by atoms with Crippen LogP contribution in [0.15, 0.2) is 28.5 Å². The molecule has 136 valence electrons. The summed E-state index contributed by atoms with van der Waals surface area (Å²) in [6.45, 7) is 4.17. The maximum absolute atomic E-state index is 12.8. The predicted octanol–water partition coefficient (Wildman–Crippen LogP) is 1.68. The molecule has 0 spiro atoms. The molecule has 2 aromatic heterocycles. The number of sulfonamides is 1. The first-order chi connectivity index (χ1) is 11.9. The van der Waals surface area contributed by atoms with Crippen molar-refractivity contribution in [2.45, 2.75) is 17.6 Å². The number of hydrogen-bond donors (Lipinski definition) is 0. The smallest absolute Gasteiger partial charge is 0.252 e. The lowest BCUT2D eigenvalue weighted by Gasteiger charge is -2.34. The average molecular weight is 382 g/mol. The Bertz CT molecular complexity index is 809. The van der Waals surface area contributed by atoms with E-state index in [1.54, 1.807) is 10.4 Å². The van der Waals surface area contributed by atoms with E-state index in [9.17, 15) is 8.42 Å². The third kappa shape index (κ3) is 3.78. The third-order valence-corrected chi connectivity index (χ3v) is 7.83. The van der Waals surface area contributed by atoms with E-state index in [1.165, 1.54) is 11.3 Å². The molecular weight excluding hydrogens is 358 g/mol. The first-order valence-corrected chi connectivity index (χ1v) is 10.5. The second kappa shape index (κ2) is 7.27. The van der Waals surface area contributed by atoms with Crippen LogP contribution < -0.4 is 9.80 Å². The Labute approximate surface area is 152 Å². The largest absolute Gasteiger partial charge is 0.361 e. The number of aromatic nitrogens is 2. The Kier molecular flexibility index (Phi) is 5.26. The number of nitrogens with zero attached hydrogens (tertiary/aromatic N) is 5. The summed E-state index contributed by atoms with van der Waals surface area (Å²) in [7, 11) is 0.445.